The number of amides is 1. The van der Waals surface area contributed by atoms with Gasteiger partial charge in [0.2, 0.25) is 6.10 Å². The maximum absolute atomic E-state index is 13.1. The number of imidazole rings is 1. The Morgan fingerprint density at radius 2 is 1.77 bits per heavy atom. The molecule has 4 rings (SSSR count). The number of nitrogens with zero attached hydrogens (tertiary/aromatic N) is 2. The summed E-state index contributed by atoms with van der Waals surface area (Å²) in [6.45, 7) is 3.86. The first-order chi connectivity index (χ1) is 14.5. The van der Waals surface area contributed by atoms with Crippen LogP contribution in [0.25, 0.3) is 5.65 Å². The normalized spacial score (nSPS) is 11.8. The molecule has 1 N–H and O–H groups in total. The second-order valence-corrected chi connectivity index (χ2v) is 7.10. The lowest BCUT2D eigenvalue weighted by Gasteiger charge is -2.18. The van der Waals surface area contributed by atoms with Gasteiger partial charge >= 0.3 is 5.97 Å². The number of benzene rings is 2. The molecule has 0 bridgehead atoms. The number of esters is 1. The van der Waals surface area contributed by atoms with Crippen LogP contribution in [0.4, 0.5) is 5.69 Å². The van der Waals surface area contributed by atoms with Crippen LogP contribution in [-0.2, 0) is 9.53 Å². The van der Waals surface area contributed by atoms with Gasteiger partial charge in [-0.1, -0.05) is 48.5 Å². The van der Waals surface area contributed by atoms with Gasteiger partial charge in [-0.25, -0.2) is 9.78 Å². The van der Waals surface area contributed by atoms with Crippen LogP contribution in [0, 0.1) is 13.8 Å². The number of aryl methyl sites for hydroxylation is 2. The largest absolute Gasteiger partial charge is 0.443 e. The van der Waals surface area contributed by atoms with Crippen LogP contribution in [0.1, 0.15) is 33.3 Å². The first-order valence-corrected chi connectivity index (χ1v) is 9.59. The summed E-state index contributed by atoms with van der Waals surface area (Å²) in [5.41, 5.74) is 3.98. The molecule has 0 radical (unpaired) electrons. The van der Waals surface area contributed by atoms with Crippen molar-refractivity contribution in [2.45, 2.75) is 20.0 Å². The quantitative estimate of drug-likeness (QED) is 0.502. The lowest BCUT2D eigenvalue weighted by Crippen LogP contribution is -2.26. The molecule has 150 valence electrons. The molecular weight excluding hydrogens is 378 g/mol. The Kier molecular flexibility index (Phi) is 5.30. The van der Waals surface area contributed by atoms with Crippen LogP contribution in [0.5, 0.6) is 0 Å². The monoisotopic (exact) mass is 399 g/mol. The van der Waals surface area contributed by atoms with Crippen molar-refractivity contribution >= 4 is 23.2 Å². The highest BCUT2D eigenvalue weighted by Crippen LogP contribution is 2.23. The average Bonchev–Trinajstić information content (AvgIpc) is 3.19. The average molecular weight is 399 g/mol. The van der Waals surface area contributed by atoms with Gasteiger partial charge in [0.1, 0.15) is 5.65 Å². The Morgan fingerprint density at radius 3 is 2.53 bits per heavy atom. The predicted octanol–water partition coefficient (Wildman–Crippen LogP) is 4.49. The van der Waals surface area contributed by atoms with Gasteiger partial charge in [-0.05, 0) is 43.2 Å². The minimum absolute atomic E-state index is 0.140. The molecule has 30 heavy (non-hydrogen) atoms. The molecule has 0 spiro atoms. The van der Waals surface area contributed by atoms with Gasteiger partial charge < -0.3 is 14.5 Å². The van der Waals surface area contributed by atoms with Crippen molar-refractivity contribution in [3.63, 3.8) is 0 Å². The third-order valence-corrected chi connectivity index (χ3v) is 4.79. The molecule has 1 amide bonds. The number of pyridine rings is 1. The highest BCUT2D eigenvalue weighted by atomic mass is 16.5. The molecule has 4 aromatic rings. The van der Waals surface area contributed by atoms with Crippen LogP contribution in [0.15, 0.2) is 79.1 Å². The second-order valence-electron chi connectivity index (χ2n) is 7.10. The summed E-state index contributed by atoms with van der Waals surface area (Å²) in [6.07, 6.45) is 2.27. The number of aromatic nitrogens is 2. The summed E-state index contributed by atoms with van der Waals surface area (Å²) >= 11 is 0. The van der Waals surface area contributed by atoms with Crippen LogP contribution >= 0.6 is 0 Å². The molecule has 0 saturated carbocycles. The summed E-state index contributed by atoms with van der Waals surface area (Å²) in [4.78, 5) is 30.2. The molecule has 0 fully saturated rings. The lowest BCUT2D eigenvalue weighted by atomic mass is 10.1. The highest BCUT2D eigenvalue weighted by Gasteiger charge is 2.27. The van der Waals surface area contributed by atoms with Gasteiger partial charge in [-0.3, -0.25) is 4.79 Å². The van der Waals surface area contributed by atoms with Crippen LogP contribution in [-0.4, -0.2) is 21.3 Å². The van der Waals surface area contributed by atoms with E-state index in [1.807, 2.05) is 50.2 Å². The van der Waals surface area contributed by atoms with E-state index in [0.717, 1.165) is 11.1 Å². The first-order valence-electron chi connectivity index (χ1n) is 9.59. The Bertz CT molecular complexity index is 1180. The Morgan fingerprint density at radius 1 is 1.00 bits per heavy atom. The number of hydrogen-bond acceptors (Lipinski definition) is 4. The minimum atomic E-state index is -1.11. The van der Waals surface area contributed by atoms with Gasteiger partial charge in [0, 0.05) is 23.6 Å². The zero-order chi connectivity index (χ0) is 21.1. The third-order valence-electron chi connectivity index (χ3n) is 4.79. The SMILES string of the molecule is Cc1ccc(C)c(NC(=O)[C@@H](OC(=O)c2cn3ccccc3n2)c2ccccc2)c1. The zero-order valence-electron chi connectivity index (χ0n) is 16.7. The zero-order valence-corrected chi connectivity index (χ0v) is 16.7. The van der Waals surface area contributed by atoms with Gasteiger partial charge in [0.15, 0.2) is 5.69 Å². The number of carbonyl (C=O) groups is 2. The molecule has 2 aromatic heterocycles. The maximum Gasteiger partial charge on any atom is 0.359 e. The van der Waals surface area contributed by atoms with E-state index in [2.05, 4.69) is 10.3 Å². The number of rotatable bonds is 5. The highest BCUT2D eigenvalue weighted by molar-refractivity contribution is 5.98. The number of ether oxygens (including phenoxy) is 1. The molecule has 2 heterocycles. The van der Waals surface area contributed by atoms with E-state index in [1.165, 1.54) is 0 Å². The van der Waals surface area contributed by atoms with E-state index in [4.69, 9.17) is 4.74 Å². The molecule has 6 heteroatoms. The van der Waals surface area contributed by atoms with Gasteiger partial charge in [0.05, 0.1) is 0 Å². The molecule has 0 aliphatic rings. The second kappa shape index (κ2) is 8.21. The number of anilines is 1. The summed E-state index contributed by atoms with van der Waals surface area (Å²) in [5, 5.41) is 2.89. The van der Waals surface area contributed by atoms with Gasteiger partial charge in [0.25, 0.3) is 5.91 Å². The molecular formula is C24H21N3O3. The molecule has 0 aliphatic carbocycles. The fraction of sp³-hybridized carbons (Fsp3) is 0.125. The van der Waals surface area contributed by atoms with Crippen molar-refractivity contribution in [3.8, 4) is 0 Å². The van der Waals surface area contributed by atoms with Gasteiger partial charge in [-0.15, -0.1) is 0 Å². The van der Waals surface area contributed by atoms with Crippen molar-refractivity contribution in [1.29, 1.82) is 0 Å². The fourth-order valence-electron chi connectivity index (χ4n) is 3.17. The smallest absolute Gasteiger partial charge is 0.359 e. The molecule has 0 saturated heterocycles. The predicted molar refractivity (Wildman–Crippen MR) is 114 cm³/mol. The number of hydrogen-bond donors (Lipinski definition) is 1. The van der Waals surface area contributed by atoms with Gasteiger partial charge in [-0.2, -0.15) is 0 Å². The summed E-state index contributed by atoms with van der Waals surface area (Å²) in [6, 6.07) is 20.2. The molecule has 1 atom stereocenters. The number of nitrogens with one attached hydrogen (secondary N) is 1. The Hall–Kier alpha value is -3.93. The number of carbonyl (C=O) groups excluding carboxylic acids is 2. The third kappa shape index (κ3) is 4.07. The van der Waals surface area contributed by atoms with Crippen LogP contribution in [0.3, 0.4) is 0 Å². The van der Waals surface area contributed by atoms with E-state index in [0.29, 0.717) is 16.9 Å². The molecule has 6 nitrogen and oxygen atoms in total. The standard InChI is InChI=1S/C24H21N3O3/c1-16-11-12-17(2)19(14-16)26-23(28)22(18-8-4-3-5-9-18)30-24(29)20-15-27-13-7-6-10-21(27)25-20/h3-15,22H,1-2H3,(H,26,28)/t22-/m0/s1. The van der Waals surface area contributed by atoms with Crippen molar-refractivity contribution in [1.82, 2.24) is 9.38 Å². The Balaban J connectivity index is 1.62. The van der Waals surface area contributed by atoms with Crippen LogP contribution < -0.4 is 5.32 Å². The topological polar surface area (TPSA) is 72.7 Å². The summed E-state index contributed by atoms with van der Waals surface area (Å²) < 4.78 is 7.36. The van der Waals surface area contributed by atoms with Crippen molar-refractivity contribution in [3.05, 3.63) is 102 Å². The fourth-order valence-corrected chi connectivity index (χ4v) is 3.17. The van der Waals surface area contributed by atoms with E-state index < -0.39 is 18.0 Å². The van der Waals surface area contributed by atoms with E-state index in [1.54, 1.807) is 47.1 Å². The van der Waals surface area contributed by atoms with E-state index in [-0.39, 0.29) is 5.69 Å². The van der Waals surface area contributed by atoms with E-state index in [9.17, 15) is 9.59 Å². The molecule has 2 aromatic carbocycles. The van der Waals surface area contributed by atoms with Crippen LogP contribution in [0.2, 0.25) is 0 Å². The van der Waals surface area contributed by atoms with Crippen molar-refractivity contribution < 1.29 is 14.3 Å². The van der Waals surface area contributed by atoms with Crippen molar-refractivity contribution in [2.24, 2.45) is 0 Å². The first kappa shape index (κ1) is 19.4. The molecule has 0 aliphatic heterocycles. The minimum Gasteiger partial charge on any atom is -0.443 e. The summed E-state index contributed by atoms with van der Waals surface area (Å²) in [7, 11) is 0. The Labute approximate surface area is 174 Å². The maximum atomic E-state index is 13.1. The summed E-state index contributed by atoms with van der Waals surface area (Å²) in [5.74, 6) is -1.09. The number of fused-ring (bicyclic) bond motifs is 1. The van der Waals surface area contributed by atoms with E-state index >= 15 is 0 Å². The lowest BCUT2D eigenvalue weighted by molar-refractivity contribution is -0.125. The molecule has 0 unspecified atom stereocenters. The van der Waals surface area contributed by atoms with Crippen molar-refractivity contribution in [2.75, 3.05) is 5.32 Å².